The van der Waals surface area contributed by atoms with E-state index < -0.39 is 0 Å². The van der Waals surface area contributed by atoms with E-state index in [1.807, 2.05) is 0 Å². The van der Waals surface area contributed by atoms with Crippen LogP contribution in [0, 0.1) is 19.8 Å². The summed E-state index contributed by atoms with van der Waals surface area (Å²) >= 11 is 0. The number of nitrogens with zero attached hydrogens (tertiary/aromatic N) is 2. The lowest BCUT2D eigenvalue weighted by Gasteiger charge is -2.26. The van der Waals surface area contributed by atoms with Gasteiger partial charge in [0.05, 0.1) is 0 Å². The highest BCUT2D eigenvalue weighted by atomic mass is 15.2. The number of aryl methyl sites for hydroxylation is 2. The predicted octanol–water partition coefficient (Wildman–Crippen LogP) is 3.43. The normalized spacial score (nSPS) is 14.9. The highest BCUT2D eigenvalue weighted by molar-refractivity contribution is 5.53. The van der Waals surface area contributed by atoms with Crippen LogP contribution in [0.3, 0.4) is 0 Å². The van der Waals surface area contributed by atoms with Crippen molar-refractivity contribution in [3.05, 3.63) is 22.9 Å². The van der Waals surface area contributed by atoms with Crippen molar-refractivity contribution < 1.29 is 0 Å². The minimum atomic E-state index is 0.683. The zero-order valence-electron chi connectivity index (χ0n) is 13.7. The van der Waals surface area contributed by atoms with E-state index >= 15 is 0 Å². The number of nitrogens with one attached hydrogen (secondary N) is 1. The van der Waals surface area contributed by atoms with Gasteiger partial charge in [-0.25, -0.2) is 4.98 Å². The lowest BCUT2D eigenvalue weighted by Crippen LogP contribution is -2.29. The molecular weight excluding hydrogens is 246 g/mol. The summed E-state index contributed by atoms with van der Waals surface area (Å²) in [5.41, 5.74) is 3.87. The van der Waals surface area contributed by atoms with Gasteiger partial charge in [0.2, 0.25) is 0 Å². The fourth-order valence-corrected chi connectivity index (χ4v) is 2.75. The molecule has 1 fully saturated rings. The van der Waals surface area contributed by atoms with E-state index in [4.69, 9.17) is 4.98 Å². The molecule has 0 aromatic carbocycles. The standard InChI is InChI=1S/C17H29N3/c1-6-20(15-7-8-15)17-16(11-18-10-12(2)3)13(4)9-14(5)19-17/h9,12,15,18H,6-8,10-11H2,1-5H3. The number of hydrogen-bond acceptors (Lipinski definition) is 3. The van der Waals surface area contributed by atoms with Crippen molar-refractivity contribution in [2.45, 2.75) is 60.0 Å². The molecule has 0 atom stereocenters. The van der Waals surface area contributed by atoms with E-state index in [1.54, 1.807) is 0 Å². The molecule has 3 heteroatoms. The number of aromatic nitrogens is 1. The summed E-state index contributed by atoms with van der Waals surface area (Å²) in [6, 6.07) is 2.92. The van der Waals surface area contributed by atoms with E-state index in [2.05, 4.69) is 50.9 Å². The summed E-state index contributed by atoms with van der Waals surface area (Å²) in [4.78, 5) is 7.34. The first kappa shape index (κ1) is 15.3. The predicted molar refractivity (Wildman–Crippen MR) is 86.3 cm³/mol. The Labute approximate surface area is 123 Å². The monoisotopic (exact) mass is 275 g/mol. The first-order chi connectivity index (χ1) is 9.52. The van der Waals surface area contributed by atoms with Gasteiger partial charge in [-0.15, -0.1) is 0 Å². The maximum absolute atomic E-state index is 4.85. The van der Waals surface area contributed by atoms with Gasteiger partial charge < -0.3 is 10.2 Å². The third-order valence-electron chi connectivity index (χ3n) is 3.91. The van der Waals surface area contributed by atoms with Crippen LogP contribution >= 0.6 is 0 Å². The zero-order chi connectivity index (χ0) is 14.7. The van der Waals surface area contributed by atoms with Gasteiger partial charge in [0, 0.05) is 30.4 Å². The van der Waals surface area contributed by atoms with Crippen LogP contribution < -0.4 is 10.2 Å². The molecular formula is C17H29N3. The topological polar surface area (TPSA) is 28.2 Å². The van der Waals surface area contributed by atoms with Gasteiger partial charge in [-0.05, 0) is 57.7 Å². The number of pyridine rings is 1. The van der Waals surface area contributed by atoms with Gasteiger partial charge in [0.1, 0.15) is 5.82 Å². The molecule has 2 rings (SSSR count). The molecule has 1 N–H and O–H groups in total. The van der Waals surface area contributed by atoms with E-state index in [0.717, 1.165) is 31.4 Å². The van der Waals surface area contributed by atoms with Crippen molar-refractivity contribution in [1.82, 2.24) is 10.3 Å². The fourth-order valence-electron chi connectivity index (χ4n) is 2.75. The van der Waals surface area contributed by atoms with E-state index in [-0.39, 0.29) is 0 Å². The molecule has 1 aliphatic carbocycles. The van der Waals surface area contributed by atoms with Gasteiger partial charge in [0.15, 0.2) is 0 Å². The van der Waals surface area contributed by atoms with Crippen LogP contribution in [0.5, 0.6) is 0 Å². The first-order valence-electron chi connectivity index (χ1n) is 7.97. The maximum atomic E-state index is 4.85. The molecule has 1 heterocycles. The van der Waals surface area contributed by atoms with Crippen molar-refractivity contribution in [3.8, 4) is 0 Å². The molecule has 0 amide bonds. The van der Waals surface area contributed by atoms with Gasteiger partial charge in [0.25, 0.3) is 0 Å². The second-order valence-electron chi connectivity index (χ2n) is 6.42. The molecule has 112 valence electrons. The lowest BCUT2D eigenvalue weighted by molar-refractivity contribution is 0.550. The van der Waals surface area contributed by atoms with Crippen LogP contribution in [0.2, 0.25) is 0 Å². The van der Waals surface area contributed by atoms with E-state index in [9.17, 15) is 0 Å². The minimum Gasteiger partial charge on any atom is -0.354 e. The second kappa shape index (κ2) is 6.57. The Morgan fingerprint density at radius 3 is 2.60 bits per heavy atom. The molecule has 1 aliphatic rings. The van der Waals surface area contributed by atoms with Crippen molar-refractivity contribution in [1.29, 1.82) is 0 Å². The quantitative estimate of drug-likeness (QED) is 0.826. The van der Waals surface area contributed by atoms with E-state index in [1.165, 1.54) is 29.8 Å². The maximum Gasteiger partial charge on any atom is 0.133 e. The summed E-state index contributed by atoms with van der Waals surface area (Å²) in [7, 11) is 0. The summed E-state index contributed by atoms with van der Waals surface area (Å²) in [6.45, 7) is 14.1. The molecule has 0 radical (unpaired) electrons. The molecule has 3 nitrogen and oxygen atoms in total. The van der Waals surface area contributed by atoms with Crippen LogP contribution in [-0.4, -0.2) is 24.1 Å². The Hall–Kier alpha value is -1.09. The Bertz CT molecular complexity index is 450. The third kappa shape index (κ3) is 3.72. The Balaban J connectivity index is 2.23. The van der Waals surface area contributed by atoms with Crippen LogP contribution in [-0.2, 0) is 6.54 Å². The Morgan fingerprint density at radius 2 is 2.05 bits per heavy atom. The molecule has 0 saturated heterocycles. The minimum absolute atomic E-state index is 0.683. The largest absolute Gasteiger partial charge is 0.354 e. The molecule has 0 bridgehead atoms. The highest BCUT2D eigenvalue weighted by Gasteiger charge is 2.30. The summed E-state index contributed by atoms with van der Waals surface area (Å²) in [5, 5.41) is 3.57. The van der Waals surface area contributed by atoms with Crippen LogP contribution in [0.1, 0.15) is 50.4 Å². The molecule has 20 heavy (non-hydrogen) atoms. The van der Waals surface area contributed by atoms with Gasteiger partial charge >= 0.3 is 0 Å². The molecule has 0 spiro atoms. The molecule has 1 saturated carbocycles. The third-order valence-corrected chi connectivity index (χ3v) is 3.91. The highest BCUT2D eigenvalue weighted by Crippen LogP contribution is 2.33. The lowest BCUT2D eigenvalue weighted by atomic mass is 10.1. The number of anilines is 1. The van der Waals surface area contributed by atoms with Crippen molar-refractivity contribution in [3.63, 3.8) is 0 Å². The summed E-state index contributed by atoms with van der Waals surface area (Å²) in [5.74, 6) is 1.90. The Kier molecular flexibility index (Phi) is 5.03. The van der Waals surface area contributed by atoms with Gasteiger partial charge in [-0.2, -0.15) is 0 Å². The van der Waals surface area contributed by atoms with Gasteiger partial charge in [-0.1, -0.05) is 13.8 Å². The summed E-state index contributed by atoms with van der Waals surface area (Å²) < 4.78 is 0. The van der Waals surface area contributed by atoms with Crippen LogP contribution in [0.25, 0.3) is 0 Å². The molecule has 0 aliphatic heterocycles. The van der Waals surface area contributed by atoms with Crippen LogP contribution in [0.4, 0.5) is 5.82 Å². The van der Waals surface area contributed by atoms with Crippen LogP contribution in [0.15, 0.2) is 6.07 Å². The zero-order valence-corrected chi connectivity index (χ0v) is 13.7. The van der Waals surface area contributed by atoms with Crippen molar-refractivity contribution in [2.24, 2.45) is 5.92 Å². The average Bonchev–Trinajstić information content (AvgIpc) is 3.17. The van der Waals surface area contributed by atoms with Gasteiger partial charge in [-0.3, -0.25) is 0 Å². The first-order valence-corrected chi connectivity index (χ1v) is 7.97. The average molecular weight is 275 g/mol. The van der Waals surface area contributed by atoms with Crippen molar-refractivity contribution >= 4 is 5.82 Å². The van der Waals surface area contributed by atoms with E-state index in [0.29, 0.717) is 5.92 Å². The molecule has 1 aromatic rings. The molecule has 0 unspecified atom stereocenters. The SMILES string of the molecule is CCN(c1nc(C)cc(C)c1CNCC(C)C)C1CC1. The smallest absolute Gasteiger partial charge is 0.133 e. The molecule has 1 aromatic heterocycles. The number of hydrogen-bond donors (Lipinski definition) is 1. The Morgan fingerprint density at radius 1 is 1.35 bits per heavy atom. The summed E-state index contributed by atoms with van der Waals surface area (Å²) in [6.07, 6.45) is 2.64. The number of rotatable bonds is 7. The fraction of sp³-hybridized carbons (Fsp3) is 0.706. The second-order valence-corrected chi connectivity index (χ2v) is 6.42. The van der Waals surface area contributed by atoms with Crippen molar-refractivity contribution in [2.75, 3.05) is 18.0 Å².